The van der Waals surface area contributed by atoms with Crippen LogP contribution in [0.5, 0.6) is 5.75 Å². The summed E-state index contributed by atoms with van der Waals surface area (Å²) in [5.74, 6) is 0.794. The number of hydrogen-bond donors (Lipinski definition) is 0. The lowest BCUT2D eigenvalue weighted by atomic mass is 10.2. The fourth-order valence-corrected chi connectivity index (χ4v) is 1.25. The number of nitrogens with zero attached hydrogens (tertiary/aromatic N) is 2. The first-order valence-corrected chi connectivity index (χ1v) is 3.72. The third kappa shape index (κ3) is 0.892. The molecule has 0 spiro atoms. The van der Waals surface area contributed by atoms with Crippen LogP contribution in [0.1, 0.15) is 5.56 Å². The van der Waals surface area contributed by atoms with Crippen molar-refractivity contribution in [3.63, 3.8) is 0 Å². The fraction of sp³-hybridized carbons (Fsp3) is 0.222. The highest BCUT2D eigenvalue weighted by Crippen LogP contribution is 2.33. The number of rotatable bonds is 0. The molecule has 1 aromatic carbocycles. The molecule has 0 atom stereocenters. The number of hydrogen-bond acceptors (Lipinski definition) is 3. The Kier molecular flexibility index (Phi) is 1.41. The first-order chi connectivity index (χ1) is 5.81. The molecule has 0 amide bonds. The van der Waals surface area contributed by atoms with Crippen molar-refractivity contribution in [1.29, 1.82) is 5.26 Å². The lowest BCUT2D eigenvalue weighted by Crippen LogP contribution is -2.14. The molecular weight excluding hydrogens is 152 g/mol. The number of anilines is 1. The summed E-state index contributed by atoms with van der Waals surface area (Å²) in [7, 11) is 0. The maximum absolute atomic E-state index is 8.70. The quantitative estimate of drug-likeness (QED) is 0.541. The second kappa shape index (κ2) is 2.42. The van der Waals surface area contributed by atoms with E-state index in [-0.39, 0.29) is 0 Å². The lowest BCUT2D eigenvalue weighted by Gasteiger charge is -2.03. The molecule has 1 aliphatic heterocycles. The number of aryl methyl sites for hydroxylation is 1. The molecule has 0 unspecified atom stereocenters. The average molecular weight is 160 g/mol. The molecular formula is C9H8N2O. The van der Waals surface area contributed by atoms with E-state index in [9.17, 15) is 0 Å². The summed E-state index contributed by atoms with van der Waals surface area (Å²) in [6.07, 6.45) is 2.06. The van der Waals surface area contributed by atoms with E-state index in [2.05, 4.69) is 6.19 Å². The van der Waals surface area contributed by atoms with Gasteiger partial charge in [0.25, 0.3) is 0 Å². The van der Waals surface area contributed by atoms with Crippen LogP contribution in [0.25, 0.3) is 0 Å². The average Bonchev–Trinajstić information content (AvgIpc) is 2.46. The normalized spacial score (nSPS) is 13.5. The number of benzene rings is 1. The summed E-state index contributed by atoms with van der Waals surface area (Å²) in [5.41, 5.74) is 2.01. The minimum atomic E-state index is 0.343. The van der Waals surface area contributed by atoms with Crippen molar-refractivity contribution >= 4 is 5.69 Å². The van der Waals surface area contributed by atoms with Crippen molar-refractivity contribution in [2.45, 2.75) is 6.92 Å². The maximum Gasteiger partial charge on any atom is 0.187 e. The minimum absolute atomic E-state index is 0.343. The van der Waals surface area contributed by atoms with Gasteiger partial charge in [-0.15, -0.1) is 0 Å². The Morgan fingerprint density at radius 1 is 1.58 bits per heavy atom. The van der Waals surface area contributed by atoms with Crippen molar-refractivity contribution < 1.29 is 4.74 Å². The molecule has 0 aromatic heterocycles. The monoisotopic (exact) mass is 160 g/mol. The van der Waals surface area contributed by atoms with E-state index in [1.54, 1.807) is 0 Å². The molecule has 0 bridgehead atoms. The third-order valence-electron chi connectivity index (χ3n) is 1.88. The minimum Gasteiger partial charge on any atom is -0.470 e. The van der Waals surface area contributed by atoms with E-state index in [0.717, 1.165) is 17.0 Å². The molecule has 1 heterocycles. The summed E-state index contributed by atoms with van der Waals surface area (Å²) < 4.78 is 5.26. The van der Waals surface area contributed by atoms with Crippen LogP contribution in [0.15, 0.2) is 18.2 Å². The maximum atomic E-state index is 8.70. The predicted octanol–water partition coefficient (Wildman–Crippen LogP) is 1.63. The highest BCUT2D eigenvalue weighted by atomic mass is 16.5. The fourth-order valence-electron chi connectivity index (χ4n) is 1.25. The molecule has 3 heteroatoms. The van der Waals surface area contributed by atoms with Crippen molar-refractivity contribution in [2.24, 2.45) is 0 Å². The zero-order chi connectivity index (χ0) is 8.55. The second-order valence-corrected chi connectivity index (χ2v) is 2.77. The highest BCUT2D eigenvalue weighted by molar-refractivity contribution is 5.64. The highest BCUT2D eigenvalue weighted by Gasteiger charge is 2.19. The molecule has 12 heavy (non-hydrogen) atoms. The summed E-state index contributed by atoms with van der Waals surface area (Å²) >= 11 is 0. The van der Waals surface area contributed by atoms with Crippen LogP contribution in [0.2, 0.25) is 0 Å². The Balaban J connectivity index is 2.51. The van der Waals surface area contributed by atoms with Crippen molar-refractivity contribution in [1.82, 2.24) is 0 Å². The second-order valence-electron chi connectivity index (χ2n) is 2.77. The molecule has 60 valence electrons. The topological polar surface area (TPSA) is 36.3 Å². The summed E-state index contributed by atoms with van der Waals surface area (Å²) in [5, 5.41) is 8.70. The number of ether oxygens (including phenoxy) is 1. The first-order valence-electron chi connectivity index (χ1n) is 3.72. The van der Waals surface area contributed by atoms with E-state index in [1.165, 1.54) is 4.90 Å². The smallest absolute Gasteiger partial charge is 0.187 e. The van der Waals surface area contributed by atoms with Gasteiger partial charge in [0, 0.05) is 0 Å². The predicted molar refractivity (Wildman–Crippen MR) is 44.8 cm³/mol. The zero-order valence-electron chi connectivity index (χ0n) is 6.74. The van der Waals surface area contributed by atoms with Gasteiger partial charge in [-0.25, -0.2) is 4.90 Å². The lowest BCUT2D eigenvalue weighted by molar-refractivity contribution is 0.358. The molecule has 0 fully saturated rings. The van der Waals surface area contributed by atoms with Crippen LogP contribution in [-0.2, 0) is 0 Å². The van der Waals surface area contributed by atoms with E-state index in [4.69, 9.17) is 10.00 Å². The van der Waals surface area contributed by atoms with Gasteiger partial charge in [-0.3, -0.25) is 0 Å². The largest absolute Gasteiger partial charge is 0.470 e. The van der Waals surface area contributed by atoms with Gasteiger partial charge >= 0.3 is 0 Å². The van der Waals surface area contributed by atoms with E-state index in [1.807, 2.05) is 25.1 Å². The van der Waals surface area contributed by atoms with E-state index >= 15 is 0 Å². The SMILES string of the molecule is Cc1ccc2c(c1)N(C#N)CO2. The standard InChI is InChI=1S/C9H8N2O/c1-7-2-3-9-8(4-7)11(5-10)6-12-9/h2-4H,6H2,1H3. The molecule has 3 nitrogen and oxygen atoms in total. The molecule has 2 rings (SSSR count). The summed E-state index contributed by atoms with van der Waals surface area (Å²) in [6, 6.07) is 5.81. The molecule has 0 saturated carbocycles. The van der Waals surface area contributed by atoms with Gasteiger partial charge in [-0.2, -0.15) is 5.26 Å². The molecule has 0 radical (unpaired) electrons. The zero-order valence-corrected chi connectivity index (χ0v) is 6.74. The van der Waals surface area contributed by atoms with Crippen LogP contribution in [0.3, 0.4) is 0 Å². The van der Waals surface area contributed by atoms with Crippen LogP contribution < -0.4 is 9.64 Å². The summed E-state index contributed by atoms with van der Waals surface area (Å²) in [4.78, 5) is 1.53. The van der Waals surface area contributed by atoms with Crippen LogP contribution >= 0.6 is 0 Å². The Hall–Kier alpha value is -1.69. The third-order valence-corrected chi connectivity index (χ3v) is 1.88. The van der Waals surface area contributed by atoms with Crippen LogP contribution in [-0.4, -0.2) is 6.73 Å². The van der Waals surface area contributed by atoms with Gasteiger partial charge in [-0.05, 0) is 24.6 Å². The van der Waals surface area contributed by atoms with Gasteiger partial charge in [0.15, 0.2) is 12.9 Å². The van der Waals surface area contributed by atoms with Gasteiger partial charge < -0.3 is 4.74 Å². The first kappa shape index (κ1) is 6.99. The summed E-state index contributed by atoms with van der Waals surface area (Å²) in [6.45, 7) is 2.34. The van der Waals surface area contributed by atoms with E-state index < -0.39 is 0 Å². The van der Waals surface area contributed by atoms with Crippen molar-refractivity contribution in [2.75, 3.05) is 11.6 Å². The van der Waals surface area contributed by atoms with Crippen LogP contribution in [0, 0.1) is 18.4 Å². The Morgan fingerprint density at radius 3 is 3.17 bits per heavy atom. The Bertz CT molecular complexity index is 354. The Labute approximate surface area is 70.8 Å². The van der Waals surface area contributed by atoms with Crippen molar-refractivity contribution in [3.05, 3.63) is 23.8 Å². The molecule has 0 N–H and O–H groups in total. The van der Waals surface area contributed by atoms with Gasteiger partial charge in [0.2, 0.25) is 0 Å². The molecule has 0 saturated heterocycles. The van der Waals surface area contributed by atoms with Gasteiger partial charge in [0.1, 0.15) is 5.75 Å². The van der Waals surface area contributed by atoms with Gasteiger partial charge in [-0.1, -0.05) is 6.07 Å². The number of nitriles is 1. The van der Waals surface area contributed by atoms with E-state index in [0.29, 0.717) is 6.73 Å². The van der Waals surface area contributed by atoms with Gasteiger partial charge in [0.05, 0.1) is 5.69 Å². The molecule has 1 aliphatic rings. The van der Waals surface area contributed by atoms with Crippen LogP contribution in [0.4, 0.5) is 5.69 Å². The molecule has 0 aliphatic carbocycles. The molecule has 1 aromatic rings. The Morgan fingerprint density at radius 2 is 2.42 bits per heavy atom. The van der Waals surface area contributed by atoms with Crippen molar-refractivity contribution in [3.8, 4) is 11.9 Å². The number of fused-ring (bicyclic) bond motifs is 1.